The smallest absolute Gasteiger partial charge is 0.137 e. The van der Waals surface area contributed by atoms with Gasteiger partial charge in [0.25, 0.3) is 0 Å². The van der Waals surface area contributed by atoms with E-state index in [0.29, 0.717) is 0 Å². The van der Waals surface area contributed by atoms with Crippen LogP contribution in [0.5, 0.6) is 0 Å². The summed E-state index contributed by atoms with van der Waals surface area (Å²) in [6.07, 6.45) is 4.28. The molecule has 1 aromatic carbocycles. The minimum atomic E-state index is 0.785. The van der Waals surface area contributed by atoms with Crippen molar-refractivity contribution in [2.24, 2.45) is 0 Å². The molecule has 0 fully saturated rings. The second-order valence-electron chi connectivity index (χ2n) is 3.56. The van der Waals surface area contributed by atoms with Crippen LogP contribution in [0.4, 0.5) is 11.4 Å². The molecule has 0 unspecified atom stereocenters. The van der Waals surface area contributed by atoms with Crippen LogP contribution in [0.1, 0.15) is 6.42 Å². The van der Waals surface area contributed by atoms with Gasteiger partial charge < -0.3 is 11.1 Å². The number of benzene rings is 1. The number of hydrogen-bond acceptors (Lipinski definition) is 4. The van der Waals surface area contributed by atoms with Gasteiger partial charge >= 0.3 is 0 Å². The van der Waals surface area contributed by atoms with E-state index in [1.54, 1.807) is 12.7 Å². The summed E-state index contributed by atoms with van der Waals surface area (Å²) in [5.74, 6) is 0. The largest absolute Gasteiger partial charge is 0.399 e. The quantitative estimate of drug-likeness (QED) is 0.586. The molecule has 0 spiro atoms. The Morgan fingerprint density at radius 2 is 2.06 bits per heavy atom. The molecule has 0 aliphatic rings. The average molecular weight is 217 g/mol. The number of hydrogen-bond donors (Lipinski definition) is 2. The van der Waals surface area contributed by atoms with Gasteiger partial charge in [0, 0.05) is 24.5 Å². The first kappa shape index (κ1) is 10.5. The minimum absolute atomic E-state index is 0.785. The lowest BCUT2D eigenvalue weighted by molar-refractivity contribution is 0.590. The molecule has 2 aromatic rings. The van der Waals surface area contributed by atoms with Crippen molar-refractivity contribution < 1.29 is 0 Å². The average Bonchev–Trinajstić information content (AvgIpc) is 2.80. The monoisotopic (exact) mass is 217 g/mol. The molecule has 3 N–H and O–H groups in total. The summed E-state index contributed by atoms with van der Waals surface area (Å²) >= 11 is 0. The highest BCUT2D eigenvalue weighted by atomic mass is 15.3. The fourth-order valence-corrected chi connectivity index (χ4v) is 1.42. The van der Waals surface area contributed by atoms with E-state index in [1.165, 1.54) is 0 Å². The minimum Gasteiger partial charge on any atom is -0.399 e. The van der Waals surface area contributed by atoms with Crippen molar-refractivity contribution in [3.63, 3.8) is 0 Å². The Labute approximate surface area is 94.3 Å². The van der Waals surface area contributed by atoms with Gasteiger partial charge in [0.1, 0.15) is 12.7 Å². The van der Waals surface area contributed by atoms with Crippen molar-refractivity contribution in [1.82, 2.24) is 14.8 Å². The molecule has 0 aliphatic carbocycles. The summed E-state index contributed by atoms with van der Waals surface area (Å²) < 4.78 is 1.82. The zero-order chi connectivity index (χ0) is 11.2. The summed E-state index contributed by atoms with van der Waals surface area (Å²) in [4.78, 5) is 3.89. The van der Waals surface area contributed by atoms with Crippen LogP contribution >= 0.6 is 0 Å². The molecule has 2 rings (SSSR count). The highest BCUT2D eigenvalue weighted by molar-refractivity contribution is 5.50. The molecule has 5 heteroatoms. The van der Waals surface area contributed by atoms with E-state index >= 15 is 0 Å². The SMILES string of the molecule is Nc1ccc(NCCCn2cncn2)cc1. The van der Waals surface area contributed by atoms with Crippen LogP contribution < -0.4 is 11.1 Å². The fourth-order valence-electron chi connectivity index (χ4n) is 1.42. The lowest BCUT2D eigenvalue weighted by Gasteiger charge is -2.06. The number of nitrogens with one attached hydrogen (secondary N) is 1. The molecule has 0 aliphatic heterocycles. The number of rotatable bonds is 5. The molecule has 1 heterocycles. The predicted octanol–water partition coefficient (Wildman–Crippen LogP) is 1.36. The molecule has 0 saturated carbocycles. The lowest BCUT2D eigenvalue weighted by Crippen LogP contribution is -2.07. The summed E-state index contributed by atoms with van der Waals surface area (Å²) in [5, 5.41) is 7.35. The maximum absolute atomic E-state index is 5.60. The fraction of sp³-hybridized carbons (Fsp3) is 0.273. The van der Waals surface area contributed by atoms with E-state index in [1.807, 2.05) is 28.9 Å². The van der Waals surface area contributed by atoms with E-state index < -0.39 is 0 Å². The number of aryl methyl sites for hydroxylation is 1. The van der Waals surface area contributed by atoms with Gasteiger partial charge in [-0.1, -0.05) is 0 Å². The highest BCUT2D eigenvalue weighted by Gasteiger charge is 1.93. The van der Waals surface area contributed by atoms with E-state index in [2.05, 4.69) is 15.4 Å². The molecule has 0 radical (unpaired) electrons. The molecule has 1 aromatic heterocycles. The number of nitrogens with two attached hydrogens (primary N) is 1. The van der Waals surface area contributed by atoms with Crippen molar-refractivity contribution in [1.29, 1.82) is 0 Å². The summed E-state index contributed by atoms with van der Waals surface area (Å²) in [6.45, 7) is 1.78. The van der Waals surface area contributed by atoms with Crippen LogP contribution in [-0.2, 0) is 6.54 Å². The van der Waals surface area contributed by atoms with E-state index in [4.69, 9.17) is 5.73 Å². The van der Waals surface area contributed by atoms with Gasteiger partial charge in [-0.2, -0.15) is 5.10 Å². The van der Waals surface area contributed by atoms with E-state index in [0.717, 1.165) is 30.9 Å². The summed E-state index contributed by atoms with van der Waals surface area (Å²) in [7, 11) is 0. The maximum Gasteiger partial charge on any atom is 0.137 e. The van der Waals surface area contributed by atoms with Crippen LogP contribution in [0, 0.1) is 0 Å². The number of aromatic nitrogens is 3. The molecular formula is C11H15N5. The Hall–Kier alpha value is -2.04. The van der Waals surface area contributed by atoms with Gasteiger partial charge in [0.15, 0.2) is 0 Å². The Morgan fingerprint density at radius 1 is 1.25 bits per heavy atom. The number of nitrogen functional groups attached to an aromatic ring is 1. The molecule has 16 heavy (non-hydrogen) atoms. The van der Waals surface area contributed by atoms with Gasteiger partial charge in [-0.3, -0.25) is 4.68 Å². The second kappa shape index (κ2) is 5.16. The molecule has 0 bridgehead atoms. The first-order valence-corrected chi connectivity index (χ1v) is 5.26. The maximum atomic E-state index is 5.60. The normalized spacial score (nSPS) is 10.2. The zero-order valence-electron chi connectivity index (χ0n) is 9.00. The number of anilines is 2. The van der Waals surface area contributed by atoms with Crippen molar-refractivity contribution in [3.05, 3.63) is 36.9 Å². The number of nitrogens with zero attached hydrogens (tertiary/aromatic N) is 3. The van der Waals surface area contributed by atoms with Gasteiger partial charge in [0.2, 0.25) is 0 Å². The van der Waals surface area contributed by atoms with Gasteiger partial charge in [-0.15, -0.1) is 0 Å². The first-order chi connectivity index (χ1) is 7.84. The third-order valence-electron chi connectivity index (χ3n) is 2.27. The van der Waals surface area contributed by atoms with Gasteiger partial charge in [-0.05, 0) is 30.7 Å². The Balaban J connectivity index is 1.70. The van der Waals surface area contributed by atoms with Crippen LogP contribution in [0.25, 0.3) is 0 Å². The van der Waals surface area contributed by atoms with E-state index in [-0.39, 0.29) is 0 Å². The van der Waals surface area contributed by atoms with Crippen molar-refractivity contribution in [2.75, 3.05) is 17.6 Å². The van der Waals surface area contributed by atoms with Crippen molar-refractivity contribution in [2.45, 2.75) is 13.0 Å². The highest BCUT2D eigenvalue weighted by Crippen LogP contribution is 2.10. The van der Waals surface area contributed by atoms with Crippen molar-refractivity contribution in [3.8, 4) is 0 Å². The zero-order valence-corrected chi connectivity index (χ0v) is 9.00. The summed E-state index contributed by atoms with van der Waals surface area (Å²) in [5.41, 5.74) is 7.48. The molecule has 0 saturated heterocycles. The lowest BCUT2D eigenvalue weighted by atomic mass is 10.3. The molecule has 0 atom stereocenters. The van der Waals surface area contributed by atoms with Gasteiger partial charge in [0.05, 0.1) is 0 Å². The standard InChI is InChI=1S/C11H15N5/c12-10-2-4-11(5-3-10)14-6-1-7-16-9-13-8-15-16/h2-5,8-9,14H,1,6-7,12H2. The molecule has 0 amide bonds. The third-order valence-corrected chi connectivity index (χ3v) is 2.27. The van der Waals surface area contributed by atoms with Crippen molar-refractivity contribution >= 4 is 11.4 Å². The molecule has 84 valence electrons. The first-order valence-electron chi connectivity index (χ1n) is 5.26. The Morgan fingerprint density at radius 3 is 2.75 bits per heavy atom. The second-order valence-corrected chi connectivity index (χ2v) is 3.56. The Kier molecular flexibility index (Phi) is 3.38. The predicted molar refractivity (Wildman–Crippen MR) is 64.0 cm³/mol. The van der Waals surface area contributed by atoms with Crippen LogP contribution in [-0.4, -0.2) is 21.3 Å². The molecular weight excluding hydrogens is 202 g/mol. The molecule has 5 nitrogen and oxygen atoms in total. The van der Waals surface area contributed by atoms with Crippen LogP contribution in [0.15, 0.2) is 36.9 Å². The van der Waals surface area contributed by atoms with E-state index in [9.17, 15) is 0 Å². The summed E-state index contributed by atoms with van der Waals surface area (Å²) in [6, 6.07) is 7.73. The Bertz CT molecular complexity index is 406. The van der Waals surface area contributed by atoms with Crippen LogP contribution in [0.3, 0.4) is 0 Å². The third kappa shape index (κ3) is 2.98. The van der Waals surface area contributed by atoms with Gasteiger partial charge in [-0.25, -0.2) is 4.98 Å². The van der Waals surface area contributed by atoms with Crippen LogP contribution in [0.2, 0.25) is 0 Å². The topological polar surface area (TPSA) is 68.8 Å².